The maximum atomic E-state index is 15.0. The van der Waals surface area contributed by atoms with Crippen molar-refractivity contribution in [3.05, 3.63) is 47.5 Å². The molecule has 2 atom stereocenters. The third-order valence-corrected chi connectivity index (χ3v) is 7.62. The first kappa shape index (κ1) is 25.0. The number of benzene rings is 1. The highest BCUT2D eigenvalue weighted by atomic mass is 32.2. The molecule has 2 aliphatic rings. The maximum Gasteiger partial charge on any atom is 0.254 e. The van der Waals surface area contributed by atoms with Gasteiger partial charge in [-0.1, -0.05) is 6.92 Å². The van der Waals surface area contributed by atoms with Crippen molar-refractivity contribution in [1.82, 2.24) is 20.2 Å². The van der Waals surface area contributed by atoms with Crippen molar-refractivity contribution >= 4 is 27.3 Å². The second-order valence-corrected chi connectivity index (χ2v) is 10.9. The van der Waals surface area contributed by atoms with Gasteiger partial charge in [-0.05, 0) is 31.7 Å². The molecule has 1 aromatic heterocycles. The van der Waals surface area contributed by atoms with Crippen molar-refractivity contribution in [3.63, 3.8) is 0 Å². The second kappa shape index (κ2) is 9.48. The van der Waals surface area contributed by atoms with Crippen molar-refractivity contribution in [3.8, 4) is 0 Å². The van der Waals surface area contributed by atoms with E-state index in [1.165, 1.54) is 12.4 Å². The predicted octanol–water partition coefficient (Wildman–Crippen LogP) is 1.93. The highest BCUT2D eigenvalue weighted by molar-refractivity contribution is 7.90. The van der Waals surface area contributed by atoms with E-state index >= 15 is 4.39 Å². The SMILES string of the molecule is CCc1cnc([C@]2(Nc3cc(F)c(S(C)(=O)=O)cc3F)CCCN([C@H]3CCNC(=O)C3)C2=O)cn1. The Morgan fingerprint density at radius 3 is 2.60 bits per heavy atom. The van der Waals surface area contributed by atoms with E-state index in [-0.39, 0.29) is 36.2 Å². The Bertz CT molecular complexity index is 1260. The Labute approximate surface area is 202 Å². The summed E-state index contributed by atoms with van der Waals surface area (Å²) in [7, 11) is -4.00. The van der Waals surface area contributed by atoms with Crippen LogP contribution in [0.15, 0.2) is 29.4 Å². The number of halogens is 2. The Balaban J connectivity index is 1.79. The van der Waals surface area contributed by atoms with Gasteiger partial charge >= 0.3 is 0 Å². The van der Waals surface area contributed by atoms with Crippen LogP contribution in [-0.4, -0.2) is 60.5 Å². The van der Waals surface area contributed by atoms with Crippen molar-refractivity contribution in [1.29, 1.82) is 0 Å². The molecule has 1 aromatic carbocycles. The topological polar surface area (TPSA) is 121 Å². The van der Waals surface area contributed by atoms with Crippen molar-refractivity contribution in [2.45, 2.75) is 55.5 Å². The molecular formula is C23H27F2N5O4S. The third-order valence-electron chi connectivity index (χ3n) is 6.51. The normalized spacial score (nSPS) is 23.2. The van der Waals surface area contributed by atoms with Crippen LogP contribution < -0.4 is 10.6 Å². The van der Waals surface area contributed by atoms with E-state index in [1.807, 2.05) is 6.92 Å². The number of rotatable bonds is 6. The van der Waals surface area contributed by atoms with E-state index in [0.717, 1.165) is 12.3 Å². The molecule has 3 heterocycles. The van der Waals surface area contributed by atoms with Gasteiger partial charge in [-0.2, -0.15) is 0 Å². The number of aryl methyl sites for hydroxylation is 1. The molecule has 2 N–H and O–H groups in total. The van der Waals surface area contributed by atoms with Crippen molar-refractivity contribution in [2.75, 3.05) is 24.7 Å². The van der Waals surface area contributed by atoms with Crippen LogP contribution in [0.4, 0.5) is 14.5 Å². The minimum Gasteiger partial charge on any atom is -0.364 e. The molecule has 2 saturated heterocycles. The minimum atomic E-state index is -4.00. The molecule has 2 fully saturated rings. The second-order valence-electron chi connectivity index (χ2n) is 8.91. The lowest BCUT2D eigenvalue weighted by Crippen LogP contribution is -2.60. The maximum absolute atomic E-state index is 15.0. The van der Waals surface area contributed by atoms with Gasteiger partial charge in [-0.15, -0.1) is 0 Å². The molecule has 0 saturated carbocycles. The number of piperidine rings is 2. The van der Waals surface area contributed by atoms with Crippen LogP contribution in [-0.2, 0) is 31.4 Å². The molecule has 35 heavy (non-hydrogen) atoms. The zero-order valence-corrected chi connectivity index (χ0v) is 20.3. The summed E-state index contributed by atoms with van der Waals surface area (Å²) in [5.41, 5.74) is -1.02. The number of aromatic nitrogens is 2. The fourth-order valence-electron chi connectivity index (χ4n) is 4.66. The monoisotopic (exact) mass is 507 g/mol. The molecule has 2 aromatic rings. The van der Waals surface area contributed by atoms with Gasteiger partial charge in [0.1, 0.15) is 16.5 Å². The average molecular weight is 508 g/mol. The van der Waals surface area contributed by atoms with E-state index in [9.17, 15) is 22.4 Å². The molecule has 4 rings (SSSR count). The lowest BCUT2D eigenvalue weighted by atomic mass is 9.83. The van der Waals surface area contributed by atoms with Gasteiger partial charge < -0.3 is 15.5 Å². The molecule has 0 spiro atoms. The summed E-state index contributed by atoms with van der Waals surface area (Å²) >= 11 is 0. The summed E-state index contributed by atoms with van der Waals surface area (Å²) in [6.07, 6.45) is 5.83. The summed E-state index contributed by atoms with van der Waals surface area (Å²) in [5.74, 6) is -2.74. The van der Waals surface area contributed by atoms with Gasteiger partial charge in [0, 0.05) is 44.1 Å². The van der Waals surface area contributed by atoms with E-state index in [4.69, 9.17) is 0 Å². The minimum absolute atomic E-state index is 0.147. The van der Waals surface area contributed by atoms with Gasteiger partial charge in [0.05, 0.1) is 23.3 Å². The highest BCUT2D eigenvalue weighted by Gasteiger charge is 2.49. The average Bonchev–Trinajstić information content (AvgIpc) is 2.82. The smallest absolute Gasteiger partial charge is 0.254 e. The Morgan fingerprint density at radius 2 is 1.97 bits per heavy atom. The molecule has 9 nitrogen and oxygen atoms in total. The summed E-state index contributed by atoms with van der Waals surface area (Å²) < 4.78 is 53.3. The fourth-order valence-corrected chi connectivity index (χ4v) is 5.39. The number of nitrogens with zero attached hydrogens (tertiary/aromatic N) is 3. The van der Waals surface area contributed by atoms with Crippen LogP contribution in [0.25, 0.3) is 0 Å². The van der Waals surface area contributed by atoms with Crippen LogP contribution in [0.5, 0.6) is 0 Å². The van der Waals surface area contributed by atoms with Crippen LogP contribution in [0.2, 0.25) is 0 Å². The Kier molecular flexibility index (Phi) is 6.76. The first-order valence-electron chi connectivity index (χ1n) is 11.4. The predicted molar refractivity (Wildman–Crippen MR) is 123 cm³/mol. The van der Waals surface area contributed by atoms with Crippen molar-refractivity contribution in [2.24, 2.45) is 0 Å². The number of hydrogen-bond donors (Lipinski definition) is 2. The van der Waals surface area contributed by atoms with Crippen LogP contribution >= 0.6 is 0 Å². The molecule has 12 heteroatoms. The molecule has 0 bridgehead atoms. The number of carbonyl (C=O) groups excluding carboxylic acids is 2. The first-order chi connectivity index (χ1) is 16.5. The van der Waals surface area contributed by atoms with E-state index in [2.05, 4.69) is 20.6 Å². The largest absolute Gasteiger partial charge is 0.364 e. The Hall–Kier alpha value is -3.15. The van der Waals surface area contributed by atoms with Gasteiger partial charge in [-0.3, -0.25) is 19.6 Å². The number of amides is 2. The lowest BCUT2D eigenvalue weighted by Gasteiger charge is -2.45. The number of carbonyl (C=O) groups is 2. The lowest BCUT2D eigenvalue weighted by molar-refractivity contribution is -0.144. The quantitative estimate of drug-likeness (QED) is 0.613. The summed E-state index contributed by atoms with van der Waals surface area (Å²) in [5, 5.41) is 5.61. The molecule has 0 radical (unpaired) electrons. The van der Waals surface area contributed by atoms with E-state index in [1.54, 1.807) is 4.90 Å². The van der Waals surface area contributed by atoms with Crippen LogP contribution in [0.3, 0.4) is 0 Å². The van der Waals surface area contributed by atoms with E-state index < -0.39 is 37.8 Å². The summed E-state index contributed by atoms with van der Waals surface area (Å²) in [4.78, 5) is 35.6. The summed E-state index contributed by atoms with van der Waals surface area (Å²) in [6, 6.07) is 1.000. The molecule has 0 unspecified atom stereocenters. The number of hydrogen-bond acceptors (Lipinski definition) is 7. The first-order valence-corrected chi connectivity index (χ1v) is 13.3. The van der Waals surface area contributed by atoms with Gasteiger partial charge in [0.25, 0.3) is 5.91 Å². The molecular weight excluding hydrogens is 480 g/mol. The van der Waals surface area contributed by atoms with Crippen LogP contribution in [0, 0.1) is 11.6 Å². The molecule has 0 aliphatic carbocycles. The van der Waals surface area contributed by atoms with Crippen LogP contribution in [0.1, 0.15) is 44.0 Å². The number of anilines is 1. The Morgan fingerprint density at radius 1 is 1.20 bits per heavy atom. The molecule has 2 amide bonds. The fraction of sp³-hybridized carbons (Fsp3) is 0.478. The number of sulfone groups is 1. The van der Waals surface area contributed by atoms with E-state index in [0.29, 0.717) is 44.1 Å². The summed E-state index contributed by atoms with van der Waals surface area (Å²) in [6.45, 7) is 2.75. The number of nitrogens with one attached hydrogen (secondary N) is 2. The van der Waals surface area contributed by atoms with Gasteiger partial charge in [0.15, 0.2) is 15.4 Å². The van der Waals surface area contributed by atoms with Gasteiger partial charge in [-0.25, -0.2) is 17.2 Å². The zero-order valence-electron chi connectivity index (χ0n) is 19.5. The molecule has 2 aliphatic heterocycles. The third kappa shape index (κ3) is 4.84. The van der Waals surface area contributed by atoms with Gasteiger partial charge in [0.2, 0.25) is 5.91 Å². The number of likely N-dealkylation sites (tertiary alicyclic amines) is 1. The standard InChI is InChI=1S/C23H27F2N5O4S/c1-3-14-12-28-20(13-27-14)23(29-18-10-17(25)19(11-16(18)24)35(2,33)34)6-4-8-30(22(23)32)15-5-7-26-21(31)9-15/h10-13,15,29H,3-9H2,1-2H3,(H,26,31)/t15-,23+/m0/s1. The highest BCUT2D eigenvalue weighted by Crippen LogP contribution is 2.38. The molecule has 188 valence electrons. The van der Waals surface area contributed by atoms with Crippen molar-refractivity contribution < 1.29 is 26.8 Å². The zero-order chi connectivity index (χ0) is 25.4.